The zero-order valence-electron chi connectivity index (χ0n) is 11.1. The van der Waals surface area contributed by atoms with Crippen molar-refractivity contribution in [3.63, 3.8) is 0 Å². The number of benzene rings is 1. The smallest absolute Gasteiger partial charge is 0.0148 e. The van der Waals surface area contributed by atoms with E-state index in [4.69, 9.17) is 0 Å². The Hall–Kier alpha value is -0.300. The molecule has 3 unspecified atom stereocenters. The van der Waals surface area contributed by atoms with E-state index in [-0.39, 0.29) is 0 Å². The summed E-state index contributed by atoms with van der Waals surface area (Å²) in [5.74, 6) is 1.80. The van der Waals surface area contributed by atoms with Crippen molar-refractivity contribution in [1.29, 1.82) is 0 Å². The molecule has 0 heterocycles. The molecule has 3 atom stereocenters. The van der Waals surface area contributed by atoms with E-state index in [2.05, 4.69) is 40.2 Å². The number of hydrogen-bond acceptors (Lipinski definition) is 0. The Morgan fingerprint density at radius 1 is 1.06 bits per heavy atom. The molecule has 0 aromatic heterocycles. The summed E-state index contributed by atoms with van der Waals surface area (Å²) in [7, 11) is 0. The third kappa shape index (κ3) is 2.82. The highest BCUT2D eigenvalue weighted by Crippen LogP contribution is 2.40. The first-order valence-corrected chi connectivity index (χ1v) is 8.46. The Morgan fingerprint density at radius 2 is 1.94 bits per heavy atom. The molecule has 98 valence electrons. The third-order valence-electron chi connectivity index (χ3n) is 4.83. The van der Waals surface area contributed by atoms with Crippen LogP contribution in [0.5, 0.6) is 0 Å². The molecule has 2 aliphatic rings. The first-order valence-electron chi connectivity index (χ1n) is 7.55. The standard InChI is InChI=1S/C17H23Br/c18-16-9-3-5-13(12-16)11-15-8-4-7-14-6-1-2-10-17(14)15/h1-2,6,10,13,15-16H,3-5,7-9,11-12H2. The van der Waals surface area contributed by atoms with Gasteiger partial charge in [0.05, 0.1) is 0 Å². The second-order valence-electron chi connectivity index (χ2n) is 6.15. The lowest BCUT2D eigenvalue weighted by Crippen LogP contribution is -2.19. The summed E-state index contributed by atoms with van der Waals surface area (Å²) >= 11 is 3.83. The van der Waals surface area contributed by atoms with E-state index in [0.29, 0.717) is 0 Å². The van der Waals surface area contributed by atoms with Crippen LogP contribution in [-0.2, 0) is 6.42 Å². The van der Waals surface area contributed by atoms with Gasteiger partial charge in [-0.25, -0.2) is 0 Å². The molecule has 3 rings (SSSR count). The van der Waals surface area contributed by atoms with Gasteiger partial charge in [0, 0.05) is 4.83 Å². The predicted octanol–water partition coefficient (Wildman–Crippen LogP) is 5.45. The van der Waals surface area contributed by atoms with Crippen molar-refractivity contribution < 1.29 is 0 Å². The molecule has 1 fully saturated rings. The van der Waals surface area contributed by atoms with E-state index in [1.54, 1.807) is 11.1 Å². The lowest BCUT2D eigenvalue weighted by molar-refractivity contribution is 0.314. The van der Waals surface area contributed by atoms with Gasteiger partial charge in [0.1, 0.15) is 0 Å². The van der Waals surface area contributed by atoms with Gasteiger partial charge < -0.3 is 0 Å². The Morgan fingerprint density at radius 3 is 2.83 bits per heavy atom. The van der Waals surface area contributed by atoms with Gasteiger partial charge in [0.15, 0.2) is 0 Å². The summed E-state index contributed by atoms with van der Waals surface area (Å²) in [6.45, 7) is 0. The van der Waals surface area contributed by atoms with Crippen LogP contribution in [0.15, 0.2) is 24.3 Å². The van der Waals surface area contributed by atoms with Gasteiger partial charge in [0.2, 0.25) is 0 Å². The van der Waals surface area contributed by atoms with Crippen LogP contribution in [0.1, 0.15) is 62.0 Å². The number of rotatable bonds is 2. The van der Waals surface area contributed by atoms with Crippen LogP contribution in [0, 0.1) is 5.92 Å². The quantitative estimate of drug-likeness (QED) is 0.637. The second-order valence-corrected chi connectivity index (χ2v) is 7.45. The maximum absolute atomic E-state index is 3.83. The third-order valence-corrected chi connectivity index (χ3v) is 5.66. The summed E-state index contributed by atoms with van der Waals surface area (Å²) in [4.78, 5) is 0.787. The van der Waals surface area contributed by atoms with Crippen LogP contribution in [-0.4, -0.2) is 4.83 Å². The van der Waals surface area contributed by atoms with Crippen molar-refractivity contribution in [2.75, 3.05) is 0 Å². The fourth-order valence-electron chi connectivity index (χ4n) is 3.94. The van der Waals surface area contributed by atoms with E-state index in [1.807, 2.05) is 0 Å². The van der Waals surface area contributed by atoms with Crippen molar-refractivity contribution in [2.24, 2.45) is 5.92 Å². The fourth-order valence-corrected chi connectivity index (χ4v) is 4.79. The summed E-state index contributed by atoms with van der Waals surface area (Å²) in [6.07, 6.45) is 11.2. The summed E-state index contributed by atoms with van der Waals surface area (Å²) in [5.41, 5.74) is 3.29. The number of aryl methyl sites for hydroxylation is 1. The molecule has 1 saturated carbocycles. The zero-order chi connectivity index (χ0) is 12.4. The van der Waals surface area contributed by atoms with Crippen LogP contribution in [0.2, 0.25) is 0 Å². The van der Waals surface area contributed by atoms with Crippen LogP contribution >= 0.6 is 15.9 Å². The molecule has 0 nitrogen and oxygen atoms in total. The SMILES string of the molecule is BrC1CCCC(CC2CCCc3ccccc32)C1. The van der Waals surface area contributed by atoms with Gasteiger partial charge in [-0.15, -0.1) is 0 Å². The van der Waals surface area contributed by atoms with Crippen LogP contribution in [0.3, 0.4) is 0 Å². The monoisotopic (exact) mass is 306 g/mol. The molecule has 2 aliphatic carbocycles. The molecule has 0 saturated heterocycles. The normalized spacial score (nSPS) is 31.9. The van der Waals surface area contributed by atoms with Gasteiger partial charge in [-0.3, -0.25) is 0 Å². The Kier molecular flexibility index (Phi) is 4.08. The Bertz CT molecular complexity index is 398. The van der Waals surface area contributed by atoms with Crippen molar-refractivity contribution >= 4 is 15.9 Å². The van der Waals surface area contributed by atoms with E-state index < -0.39 is 0 Å². The van der Waals surface area contributed by atoms with E-state index >= 15 is 0 Å². The summed E-state index contributed by atoms with van der Waals surface area (Å²) < 4.78 is 0. The van der Waals surface area contributed by atoms with Crippen LogP contribution in [0.25, 0.3) is 0 Å². The van der Waals surface area contributed by atoms with Crippen molar-refractivity contribution in [1.82, 2.24) is 0 Å². The highest BCUT2D eigenvalue weighted by Gasteiger charge is 2.26. The Labute approximate surface area is 119 Å². The number of alkyl halides is 1. The van der Waals surface area contributed by atoms with E-state index in [9.17, 15) is 0 Å². The second kappa shape index (κ2) is 5.77. The van der Waals surface area contributed by atoms with Crippen molar-refractivity contribution in [2.45, 2.75) is 62.1 Å². The molecule has 0 N–H and O–H groups in total. The maximum atomic E-state index is 3.83. The fraction of sp³-hybridized carbons (Fsp3) is 0.647. The van der Waals surface area contributed by atoms with Gasteiger partial charge in [-0.05, 0) is 61.5 Å². The number of halogens is 1. The molecular weight excluding hydrogens is 284 g/mol. The minimum absolute atomic E-state index is 0.787. The average molecular weight is 307 g/mol. The largest absolute Gasteiger partial charge is 0.0891 e. The molecule has 0 bridgehead atoms. The van der Waals surface area contributed by atoms with Crippen LogP contribution in [0.4, 0.5) is 0 Å². The number of fused-ring (bicyclic) bond motifs is 1. The van der Waals surface area contributed by atoms with Crippen molar-refractivity contribution in [3.05, 3.63) is 35.4 Å². The molecule has 1 aromatic carbocycles. The molecule has 18 heavy (non-hydrogen) atoms. The summed E-state index contributed by atoms with van der Waals surface area (Å²) in [5, 5.41) is 0. The van der Waals surface area contributed by atoms with E-state index in [0.717, 1.165) is 16.7 Å². The maximum Gasteiger partial charge on any atom is 0.0148 e. The zero-order valence-corrected chi connectivity index (χ0v) is 12.7. The summed E-state index contributed by atoms with van der Waals surface area (Å²) in [6, 6.07) is 9.16. The molecule has 1 heteroatoms. The minimum atomic E-state index is 0.787. The lowest BCUT2D eigenvalue weighted by atomic mass is 9.75. The minimum Gasteiger partial charge on any atom is -0.0891 e. The average Bonchev–Trinajstić information content (AvgIpc) is 2.39. The van der Waals surface area contributed by atoms with Crippen molar-refractivity contribution in [3.8, 4) is 0 Å². The Balaban J connectivity index is 1.70. The first kappa shape index (κ1) is 12.7. The van der Waals surface area contributed by atoms with Gasteiger partial charge >= 0.3 is 0 Å². The molecule has 0 amide bonds. The van der Waals surface area contributed by atoms with Gasteiger partial charge in [-0.2, -0.15) is 0 Å². The molecule has 1 aromatic rings. The molecule has 0 aliphatic heterocycles. The predicted molar refractivity (Wildman–Crippen MR) is 81.4 cm³/mol. The lowest BCUT2D eigenvalue weighted by Gasteiger charge is -2.32. The first-order chi connectivity index (χ1) is 8.83. The highest BCUT2D eigenvalue weighted by molar-refractivity contribution is 9.09. The molecular formula is C17H23Br. The van der Waals surface area contributed by atoms with Crippen LogP contribution < -0.4 is 0 Å². The van der Waals surface area contributed by atoms with E-state index in [1.165, 1.54) is 51.4 Å². The van der Waals surface area contributed by atoms with Gasteiger partial charge in [0.25, 0.3) is 0 Å². The number of hydrogen-bond donors (Lipinski definition) is 0. The molecule has 0 radical (unpaired) electrons. The van der Waals surface area contributed by atoms with Gasteiger partial charge in [-0.1, -0.05) is 53.0 Å². The topological polar surface area (TPSA) is 0 Å². The highest BCUT2D eigenvalue weighted by atomic mass is 79.9. The molecule has 0 spiro atoms.